The van der Waals surface area contributed by atoms with Crippen molar-refractivity contribution in [3.8, 4) is 11.8 Å². The van der Waals surface area contributed by atoms with Crippen LogP contribution in [0.2, 0.25) is 0 Å². The minimum absolute atomic E-state index is 0.0162. The molecule has 2 aromatic rings. The van der Waals surface area contributed by atoms with Gasteiger partial charge < -0.3 is 15.4 Å². The largest absolute Gasteiger partial charge is 0.494 e. The monoisotopic (exact) mass is 405 g/mol. The van der Waals surface area contributed by atoms with Gasteiger partial charge >= 0.3 is 0 Å². The Kier molecular flexibility index (Phi) is 8.96. The third kappa shape index (κ3) is 6.66. The van der Waals surface area contributed by atoms with Gasteiger partial charge in [-0.15, -0.1) is 0 Å². The fourth-order valence-electron chi connectivity index (χ4n) is 3.10. The lowest BCUT2D eigenvalue weighted by Gasteiger charge is -2.18. The van der Waals surface area contributed by atoms with Crippen LogP contribution in [0.4, 0.5) is 5.69 Å². The summed E-state index contributed by atoms with van der Waals surface area (Å²) in [6, 6.07) is 15.6. The van der Waals surface area contributed by atoms with Crippen LogP contribution in [-0.4, -0.2) is 12.5 Å². The number of benzene rings is 2. The van der Waals surface area contributed by atoms with E-state index < -0.39 is 5.91 Å². The van der Waals surface area contributed by atoms with Gasteiger partial charge in [-0.1, -0.05) is 43.2 Å². The molecule has 2 rings (SSSR count). The maximum Gasteiger partial charge on any atom is 0.263 e. The molecule has 1 amide bonds. The first-order valence-corrected chi connectivity index (χ1v) is 10.5. The van der Waals surface area contributed by atoms with E-state index in [1.54, 1.807) is 0 Å². The smallest absolute Gasteiger partial charge is 0.263 e. The lowest BCUT2D eigenvalue weighted by Crippen LogP contribution is -2.28. The van der Waals surface area contributed by atoms with E-state index in [0.717, 1.165) is 41.8 Å². The predicted octanol–water partition coefficient (Wildman–Crippen LogP) is 5.43. The summed E-state index contributed by atoms with van der Waals surface area (Å²) in [5.74, 6) is 0.306. The molecule has 0 saturated carbocycles. The number of anilines is 1. The molecule has 0 bridgehead atoms. The van der Waals surface area contributed by atoms with Gasteiger partial charge in [0.15, 0.2) is 0 Å². The van der Waals surface area contributed by atoms with E-state index in [1.807, 2.05) is 57.2 Å². The van der Waals surface area contributed by atoms with Crippen molar-refractivity contribution in [3.63, 3.8) is 0 Å². The Morgan fingerprint density at radius 3 is 2.57 bits per heavy atom. The van der Waals surface area contributed by atoms with Crippen LogP contribution in [-0.2, 0) is 11.2 Å². The molecule has 5 heteroatoms. The summed E-state index contributed by atoms with van der Waals surface area (Å²) in [6.45, 7) is 8.51. The van der Waals surface area contributed by atoms with Crippen molar-refractivity contribution in [1.82, 2.24) is 5.32 Å². The molecule has 0 aliphatic heterocycles. The fourth-order valence-corrected chi connectivity index (χ4v) is 3.10. The first kappa shape index (κ1) is 23.0. The molecule has 0 aliphatic carbocycles. The standard InChI is InChI=1S/C25H31N3O2/c1-5-7-8-20-10-12-22(13-11-20)27-17-21(16-26)25(29)28-19(4)23-15-18(3)9-14-24(23)30-6-2/h9-15,17,19,27H,5-8H2,1-4H3,(H,28,29)/b21-17-. The van der Waals surface area contributed by atoms with Crippen LogP contribution in [0.5, 0.6) is 5.75 Å². The Labute approximate surface area is 179 Å². The topological polar surface area (TPSA) is 74.2 Å². The first-order chi connectivity index (χ1) is 14.5. The van der Waals surface area contributed by atoms with Crippen molar-refractivity contribution in [1.29, 1.82) is 5.26 Å². The van der Waals surface area contributed by atoms with Crippen LogP contribution < -0.4 is 15.4 Å². The zero-order valence-electron chi connectivity index (χ0n) is 18.3. The number of carbonyl (C=O) groups is 1. The summed E-state index contributed by atoms with van der Waals surface area (Å²) in [5, 5.41) is 15.4. The van der Waals surface area contributed by atoms with Crippen LogP contribution in [0.3, 0.4) is 0 Å². The lowest BCUT2D eigenvalue weighted by atomic mass is 10.0. The molecule has 2 aromatic carbocycles. The Morgan fingerprint density at radius 1 is 1.20 bits per heavy atom. The predicted molar refractivity (Wildman–Crippen MR) is 121 cm³/mol. The summed E-state index contributed by atoms with van der Waals surface area (Å²) >= 11 is 0. The maximum atomic E-state index is 12.6. The number of nitrogens with zero attached hydrogens (tertiary/aromatic N) is 1. The Morgan fingerprint density at radius 2 is 1.93 bits per heavy atom. The van der Waals surface area contributed by atoms with Crippen molar-refractivity contribution in [2.45, 2.75) is 53.0 Å². The van der Waals surface area contributed by atoms with Crippen LogP contribution in [0.25, 0.3) is 0 Å². The van der Waals surface area contributed by atoms with Crippen LogP contribution in [0.15, 0.2) is 54.2 Å². The van der Waals surface area contributed by atoms with E-state index in [0.29, 0.717) is 6.61 Å². The number of aryl methyl sites for hydroxylation is 2. The quantitative estimate of drug-likeness (QED) is 0.408. The van der Waals surface area contributed by atoms with E-state index in [1.165, 1.54) is 11.8 Å². The molecular weight excluding hydrogens is 374 g/mol. The van der Waals surface area contributed by atoms with Crippen molar-refractivity contribution < 1.29 is 9.53 Å². The highest BCUT2D eigenvalue weighted by Crippen LogP contribution is 2.26. The zero-order chi connectivity index (χ0) is 21.9. The van der Waals surface area contributed by atoms with Gasteiger partial charge in [0.05, 0.1) is 12.6 Å². The van der Waals surface area contributed by atoms with Gasteiger partial charge in [0, 0.05) is 17.5 Å². The number of rotatable bonds is 10. The van der Waals surface area contributed by atoms with Crippen molar-refractivity contribution >= 4 is 11.6 Å². The van der Waals surface area contributed by atoms with Gasteiger partial charge in [-0.05, 0) is 57.4 Å². The summed E-state index contributed by atoms with van der Waals surface area (Å²) in [6.07, 6.45) is 4.83. The van der Waals surface area contributed by atoms with E-state index >= 15 is 0 Å². The van der Waals surface area contributed by atoms with Gasteiger partial charge in [0.1, 0.15) is 17.4 Å². The molecule has 5 nitrogen and oxygen atoms in total. The van der Waals surface area contributed by atoms with Crippen molar-refractivity contribution in [2.24, 2.45) is 0 Å². The number of amides is 1. The number of carbonyl (C=O) groups excluding carboxylic acids is 1. The van der Waals surface area contributed by atoms with Gasteiger partial charge in [-0.25, -0.2) is 0 Å². The molecule has 158 valence electrons. The molecule has 0 heterocycles. The summed E-state index contributed by atoms with van der Waals surface area (Å²) in [4.78, 5) is 12.6. The second-order valence-electron chi connectivity index (χ2n) is 7.28. The SMILES string of the molecule is CCCCc1ccc(N/C=C(/C#N)C(=O)NC(C)c2cc(C)ccc2OCC)cc1. The number of unbranched alkanes of at least 4 members (excludes halogenated alkanes) is 1. The van der Waals surface area contributed by atoms with Crippen molar-refractivity contribution in [2.75, 3.05) is 11.9 Å². The molecule has 0 radical (unpaired) electrons. The molecule has 1 unspecified atom stereocenters. The lowest BCUT2D eigenvalue weighted by molar-refractivity contribution is -0.117. The van der Waals surface area contributed by atoms with E-state index in [-0.39, 0.29) is 11.6 Å². The first-order valence-electron chi connectivity index (χ1n) is 10.5. The van der Waals surface area contributed by atoms with Crippen LogP contribution >= 0.6 is 0 Å². The molecule has 2 N–H and O–H groups in total. The Bertz CT molecular complexity index is 911. The molecule has 1 atom stereocenters. The van der Waals surface area contributed by atoms with Crippen molar-refractivity contribution in [3.05, 3.63) is 70.9 Å². The normalized spacial score (nSPS) is 12.0. The third-order valence-corrected chi connectivity index (χ3v) is 4.80. The molecule has 0 aliphatic rings. The average molecular weight is 406 g/mol. The number of ether oxygens (including phenoxy) is 1. The Balaban J connectivity index is 2.05. The van der Waals surface area contributed by atoms with Crippen LogP contribution in [0.1, 0.15) is 56.3 Å². The number of hydrogen-bond donors (Lipinski definition) is 2. The number of nitriles is 1. The highest BCUT2D eigenvalue weighted by atomic mass is 16.5. The number of nitrogens with one attached hydrogen (secondary N) is 2. The van der Waals surface area contributed by atoms with E-state index in [4.69, 9.17) is 4.74 Å². The molecule has 0 saturated heterocycles. The Hall–Kier alpha value is -3.26. The highest BCUT2D eigenvalue weighted by Gasteiger charge is 2.17. The highest BCUT2D eigenvalue weighted by molar-refractivity contribution is 5.97. The average Bonchev–Trinajstić information content (AvgIpc) is 2.74. The van der Waals surface area contributed by atoms with Gasteiger partial charge in [0.25, 0.3) is 5.91 Å². The molecular formula is C25H31N3O2. The summed E-state index contributed by atoms with van der Waals surface area (Å²) < 4.78 is 5.68. The second-order valence-corrected chi connectivity index (χ2v) is 7.28. The molecule has 0 fully saturated rings. The zero-order valence-corrected chi connectivity index (χ0v) is 18.3. The molecule has 0 spiro atoms. The minimum Gasteiger partial charge on any atom is -0.494 e. The maximum absolute atomic E-state index is 12.6. The summed E-state index contributed by atoms with van der Waals surface area (Å²) in [5.41, 5.74) is 4.10. The van der Waals surface area contributed by atoms with E-state index in [2.05, 4.69) is 29.7 Å². The fraction of sp³-hybridized carbons (Fsp3) is 0.360. The molecule has 0 aromatic heterocycles. The second kappa shape index (κ2) is 11.7. The van der Waals surface area contributed by atoms with Gasteiger partial charge in [-0.3, -0.25) is 4.79 Å². The third-order valence-electron chi connectivity index (χ3n) is 4.80. The van der Waals surface area contributed by atoms with Crippen LogP contribution in [0, 0.1) is 18.3 Å². The van der Waals surface area contributed by atoms with E-state index in [9.17, 15) is 10.1 Å². The van der Waals surface area contributed by atoms with Gasteiger partial charge in [0.2, 0.25) is 0 Å². The number of hydrogen-bond acceptors (Lipinski definition) is 4. The van der Waals surface area contributed by atoms with Gasteiger partial charge in [-0.2, -0.15) is 5.26 Å². The summed E-state index contributed by atoms with van der Waals surface area (Å²) in [7, 11) is 0. The molecule has 30 heavy (non-hydrogen) atoms. The minimum atomic E-state index is -0.430.